The Morgan fingerprint density at radius 2 is 1.58 bits per heavy atom. The van der Waals surface area contributed by atoms with Crippen LogP contribution in [0.4, 0.5) is 0 Å². The largest absolute Gasteiger partial charge is 0.295 e. The lowest BCUT2D eigenvalue weighted by Gasteiger charge is -2.27. The van der Waals surface area contributed by atoms with Crippen LogP contribution in [0.25, 0.3) is 0 Å². The van der Waals surface area contributed by atoms with E-state index in [1.54, 1.807) is 16.4 Å². The zero-order valence-electron chi connectivity index (χ0n) is 15.1. The van der Waals surface area contributed by atoms with Crippen molar-refractivity contribution in [3.63, 3.8) is 0 Å². The number of nitrogens with zero attached hydrogens (tertiary/aromatic N) is 2. The second-order valence-corrected chi connectivity index (χ2v) is 9.18. The van der Waals surface area contributed by atoms with Gasteiger partial charge >= 0.3 is 0 Å². The highest BCUT2D eigenvalue weighted by atomic mass is 32.2. The van der Waals surface area contributed by atoms with Crippen LogP contribution in [-0.4, -0.2) is 43.8 Å². The molecule has 2 heterocycles. The Morgan fingerprint density at radius 1 is 0.885 bits per heavy atom. The Kier molecular flexibility index (Phi) is 4.69. The minimum absolute atomic E-state index is 0.393. The molecule has 2 aromatic carbocycles. The fourth-order valence-corrected chi connectivity index (χ4v) is 5.20. The van der Waals surface area contributed by atoms with Crippen molar-refractivity contribution < 1.29 is 8.42 Å². The predicted octanol–water partition coefficient (Wildman–Crippen LogP) is 3.20. The molecule has 0 N–H and O–H groups in total. The molecule has 4 rings (SSSR count). The molecule has 4 nitrogen and oxygen atoms in total. The van der Waals surface area contributed by atoms with Crippen molar-refractivity contribution in [2.45, 2.75) is 24.8 Å². The maximum absolute atomic E-state index is 12.9. The molecule has 0 saturated carbocycles. The van der Waals surface area contributed by atoms with Crippen LogP contribution in [0.15, 0.2) is 70.6 Å². The monoisotopic (exact) mass is 368 g/mol. The summed E-state index contributed by atoms with van der Waals surface area (Å²) in [6.07, 6.45) is 0.960. The van der Waals surface area contributed by atoms with Gasteiger partial charge in [0.1, 0.15) is 0 Å². The van der Waals surface area contributed by atoms with Gasteiger partial charge in [-0.1, -0.05) is 53.6 Å². The molecule has 0 unspecified atom stereocenters. The van der Waals surface area contributed by atoms with Gasteiger partial charge in [-0.25, -0.2) is 8.42 Å². The third-order valence-electron chi connectivity index (χ3n) is 5.29. The van der Waals surface area contributed by atoms with Gasteiger partial charge in [0.25, 0.3) is 0 Å². The molecule has 0 saturated heterocycles. The maximum atomic E-state index is 12.9. The van der Waals surface area contributed by atoms with E-state index in [2.05, 4.69) is 29.2 Å². The first-order valence-corrected chi connectivity index (χ1v) is 10.5. The standard InChI is InChI=1S/C21H24N2O2S/c1-17-7-9-21(10-8-17)26(24,25)23-15-19-11-12-22(14-20(19)16-23)13-18-5-3-2-4-6-18/h2-10H,11-16H2,1H3. The Hall–Kier alpha value is -1.95. The van der Waals surface area contributed by atoms with Crippen molar-refractivity contribution in [3.05, 3.63) is 76.9 Å². The van der Waals surface area contributed by atoms with Crippen LogP contribution in [0.3, 0.4) is 0 Å². The predicted molar refractivity (Wildman–Crippen MR) is 103 cm³/mol. The van der Waals surface area contributed by atoms with Crippen molar-refractivity contribution in [1.82, 2.24) is 9.21 Å². The van der Waals surface area contributed by atoms with E-state index in [4.69, 9.17) is 0 Å². The molecule has 0 aromatic heterocycles. The first-order valence-electron chi connectivity index (χ1n) is 9.05. The van der Waals surface area contributed by atoms with E-state index in [-0.39, 0.29) is 0 Å². The molecule has 0 radical (unpaired) electrons. The average molecular weight is 369 g/mol. The van der Waals surface area contributed by atoms with Gasteiger partial charge in [-0.05, 0) is 36.6 Å². The second kappa shape index (κ2) is 6.99. The number of hydrogen-bond donors (Lipinski definition) is 0. The third-order valence-corrected chi connectivity index (χ3v) is 7.09. The summed E-state index contributed by atoms with van der Waals surface area (Å²) in [6.45, 7) is 5.81. The van der Waals surface area contributed by atoms with Crippen molar-refractivity contribution in [3.8, 4) is 0 Å². The molecule has 2 aliphatic rings. The highest BCUT2D eigenvalue weighted by molar-refractivity contribution is 7.89. The van der Waals surface area contributed by atoms with Gasteiger partial charge in [-0.2, -0.15) is 4.31 Å². The van der Waals surface area contributed by atoms with E-state index < -0.39 is 10.0 Å². The summed E-state index contributed by atoms with van der Waals surface area (Å²) < 4.78 is 27.5. The summed E-state index contributed by atoms with van der Waals surface area (Å²) in [5.74, 6) is 0. The molecule has 0 atom stereocenters. The molecule has 0 aliphatic carbocycles. The fraction of sp³-hybridized carbons (Fsp3) is 0.333. The minimum Gasteiger partial charge on any atom is -0.295 e. The Bertz CT molecular complexity index is 918. The molecule has 2 aromatic rings. The van der Waals surface area contributed by atoms with Crippen LogP contribution in [0.1, 0.15) is 17.5 Å². The van der Waals surface area contributed by atoms with Gasteiger partial charge in [0.15, 0.2) is 0 Å². The van der Waals surface area contributed by atoms with Crippen LogP contribution < -0.4 is 0 Å². The Balaban J connectivity index is 1.45. The van der Waals surface area contributed by atoms with E-state index in [1.807, 2.05) is 25.1 Å². The van der Waals surface area contributed by atoms with Gasteiger partial charge in [0.05, 0.1) is 4.90 Å². The second-order valence-electron chi connectivity index (χ2n) is 7.24. The highest BCUT2D eigenvalue weighted by Gasteiger charge is 2.34. The van der Waals surface area contributed by atoms with Gasteiger partial charge in [0.2, 0.25) is 10.0 Å². The molecular formula is C21H24N2O2S. The van der Waals surface area contributed by atoms with E-state index in [0.29, 0.717) is 18.0 Å². The smallest absolute Gasteiger partial charge is 0.243 e. The molecule has 0 fully saturated rings. The molecule has 0 amide bonds. The molecule has 26 heavy (non-hydrogen) atoms. The first-order chi connectivity index (χ1) is 12.5. The first kappa shape index (κ1) is 17.5. The lowest BCUT2D eigenvalue weighted by Crippen LogP contribution is -2.32. The van der Waals surface area contributed by atoms with Crippen molar-refractivity contribution >= 4 is 10.0 Å². The number of hydrogen-bond acceptors (Lipinski definition) is 3. The van der Waals surface area contributed by atoms with E-state index in [1.165, 1.54) is 16.7 Å². The Labute approximate surface area is 155 Å². The van der Waals surface area contributed by atoms with Crippen molar-refractivity contribution in [2.75, 3.05) is 26.2 Å². The van der Waals surface area contributed by atoms with E-state index in [0.717, 1.165) is 31.6 Å². The maximum Gasteiger partial charge on any atom is 0.243 e. The number of benzene rings is 2. The number of rotatable bonds is 4. The summed E-state index contributed by atoms with van der Waals surface area (Å²) in [4.78, 5) is 2.81. The van der Waals surface area contributed by atoms with Gasteiger partial charge in [-0.15, -0.1) is 0 Å². The van der Waals surface area contributed by atoms with Crippen LogP contribution in [0.2, 0.25) is 0 Å². The van der Waals surface area contributed by atoms with Crippen molar-refractivity contribution in [1.29, 1.82) is 0 Å². The van der Waals surface area contributed by atoms with Crippen LogP contribution in [0, 0.1) is 6.92 Å². The van der Waals surface area contributed by atoms with E-state index in [9.17, 15) is 8.42 Å². The van der Waals surface area contributed by atoms with Gasteiger partial charge < -0.3 is 0 Å². The topological polar surface area (TPSA) is 40.6 Å². The molecule has 0 spiro atoms. The normalized spacial score (nSPS) is 19.0. The summed E-state index contributed by atoms with van der Waals surface area (Å²) in [5, 5.41) is 0. The molecule has 136 valence electrons. The quantitative estimate of drug-likeness (QED) is 0.778. The summed E-state index contributed by atoms with van der Waals surface area (Å²) >= 11 is 0. The Morgan fingerprint density at radius 3 is 2.31 bits per heavy atom. The zero-order chi connectivity index (χ0) is 18.1. The van der Waals surface area contributed by atoms with Crippen LogP contribution in [0.5, 0.6) is 0 Å². The van der Waals surface area contributed by atoms with Crippen molar-refractivity contribution in [2.24, 2.45) is 0 Å². The molecule has 2 aliphatic heterocycles. The molecular weight excluding hydrogens is 344 g/mol. The number of aryl methyl sites for hydroxylation is 1. The average Bonchev–Trinajstić information content (AvgIpc) is 3.07. The van der Waals surface area contributed by atoms with Gasteiger partial charge in [0, 0.05) is 32.7 Å². The zero-order valence-corrected chi connectivity index (χ0v) is 15.9. The lowest BCUT2D eigenvalue weighted by atomic mass is 10.0. The van der Waals surface area contributed by atoms with Crippen LogP contribution >= 0.6 is 0 Å². The highest BCUT2D eigenvalue weighted by Crippen LogP contribution is 2.30. The number of sulfonamides is 1. The van der Waals surface area contributed by atoms with Gasteiger partial charge in [-0.3, -0.25) is 4.90 Å². The SMILES string of the molecule is Cc1ccc(S(=O)(=O)N2CC3=C(CN(Cc4ccccc4)CC3)C2)cc1. The lowest BCUT2D eigenvalue weighted by molar-refractivity contribution is 0.278. The fourth-order valence-electron chi connectivity index (χ4n) is 3.77. The summed E-state index contributed by atoms with van der Waals surface area (Å²) in [5.41, 5.74) is 4.96. The molecule has 0 bridgehead atoms. The summed E-state index contributed by atoms with van der Waals surface area (Å²) in [7, 11) is -3.42. The summed E-state index contributed by atoms with van der Waals surface area (Å²) in [6, 6.07) is 17.6. The third kappa shape index (κ3) is 3.47. The van der Waals surface area contributed by atoms with Crippen LogP contribution in [-0.2, 0) is 16.6 Å². The van der Waals surface area contributed by atoms with E-state index >= 15 is 0 Å². The molecule has 5 heteroatoms. The minimum atomic E-state index is -3.42.